The van der Waals surface area contributed by atoms with Gasteiger partial charge in [0.15, 0.2) is 5.82 Å². The topological polar surface area (TPSA) is 86.8 Å². The Balaban J connectivity index is 1.40. The van der Waals surface area contributed by atoms with E-state index < -0.39 is 0 Å². The van der Waals surface area contributed by atoms with Crippen LogP contribution in [0.4, 0.5) is 4.79 Å². The second kappa shape index (κ2) is 6.79. The molecule has 1 fully saturated rings. The van der Waals surface area contributed by atoms with E-state index >= 15 is 0 Å². The van der Waals surface area contributed by atoms with Gasteiger partial charge >= 0.3 is 6.03 Å². The second-order valence-corrected chi connectivity index (χ2v) is 7.36. The molecule has 7 nitrogen and oxygen atoms in total. The summed E-state index contributed by atoms with van der Waals surface area (Å²) in [7, 11) is 0. The summed E-state index contributed by atoms with van der Waals surface area (Å²) in [6.07, 6.45) is 2.07. The Morgan fingerprint density at radius 2 is 2.28 bits per heavy atom. The molecule has 2 amide bonds. The standard InChI is InChI=1S/C17H20N6OS/c1-11-19-15(22-21-11)9-18-17(24)23-8-4-5-12(10-23)16-20-13-6-2-3-7-14(13)25-16/h2-3,6-7,12H,4-5,8-10H2,1H3,(H,18,24)(H,19,21,22). The largest absolute Gasteiger partial charge is 0.331 e. The number of urea groups is 1. The molecule has 8 heteroatoms. The third kappa shape index (κ3) is 3.48. The molecule has 25 heavy (non-hydrogen) atoms. The molecule has 1 atom stereocenters. The number of rotatable bonds is 3. The molecule has 1 unspecified atom stereocenters. The number of nitrogens with one attached hydrogen (secondary N) is 2. The lowest BCUT2D eigenvalue weighted by molar-refractivity contribution is 0.179. The van der Waals surface area contributed by atoms with Crippen molar-refractivity contribution in [3.05, 3.63) is 40.9 Å². The van der Waals surface area contributed by atoms with Gasteiger partial charge in [0.05, 0.1) is 21.8 Å². The molecule has 1 aliphatic rings. The normalized spacial score (nSPS) is 17.8. The highest BCUT2D eigenvalue weighted by Crippen LogP contribution is 2.32. The van der Waals surface area contributed by atoms with Gasteiger partial charge < -0.3 is 10.2 Å². The van der Waals surface area contributed by atoms with Crippen LogP contribution >= 0.6 is 11.3 Å². The van der Waals surface area contributed by atoms with Crippen molar-refractivity contribution in [3.63, 3.8) is 0 Å². The number of benzene rings is 1. The Bertz CT molecular complexity index is 855. The number of likely N-dealkylation sites (tertiary alicyclic amines) is 1. The van der Waals surface area contributed by atoms with E-state index in [1.165, 1.54) is 4.70 Å². The number of aromatic nitrogens is 4. The lowest BCUT2D eigenvalue weighted by Gasteiger charge is -2.31. The molecule has 4 rings (SSSR count). The van der Waals surface area contributed by atoms with E-state index in [2.05, 4.69) is 26.6 Å². The number of aromatic amines is 1. The molecule has 3 heterocycles. The molecule has 2 N–H and O–H groups in total. The number of amides is 2. The van der Waals surface area contributed by atoms with Crippen molar-refractivity contribution in [3.8, 4) is 0 Å². The van der Waals surface area contributed by atoms with E-state index in [0.29, 0.717) is 24.8 Å². The van der Waals surface area contributed by atoms with Crippen LogP contribution in [0.2, 0.25) is 0 Å². The van der Waals surface area contributed by atoms with Gasteiger partial charge in [0.1, 0.15) is 5.82 Å². The lowest BCUT2D eigenvalue weighted by atomic mass is 9.99. The minimum Gasteiger partial charge on any atom is -0.331 e. The summed E-state index contributed by atoms with van der Waals surface area (Å²) >= 11 is 1.74. The van der Waals surface area contributed by atoms with Crippen LogP contribution < -0.4 is 5.32 Å². The first-order chi connectivity index (χ1) is 12.2. The summed E-state index contributed by atoms with van der Waals surface area (Å²) in [4.78, 5) is 23.3. The molecule has 3 aromatic rings. The number of thiazole rings is 1. The zero-order valence-electron chi connectivity index (χ0n) is 14.0. The molecule has 1 aliphatic heterocycles. The summed E-state index contributed by atoms with van der Waals surface area (Å²) in [5.74, 6) is 1.66. The molecule has 0 saturated carbocycles. The molecule has 0 aliphatic carbocycles. The van der Waals surface area contributed by atoms with Crippen LogP contribution in [0.25, 0.3) is 10.2 Å². The molecule has 2 aromatic heterocycles. The Morgan fingerprint density at radius 3 is 3.08 bits per heavy atom. The van der Waals surface area contributed by atoms with Crippen molar-refractivity contribution < 1.29 is 4.79 Å². The molecular weight excluding hydrogens is 336 g/mol. The highest BCUT2D eigenvalue weighted by Gasteiger charge is 2.27. The van der Waals surface area contributed by atoms with Crippen molar-refractivity contribution in [1.29, 1.82) is 0 Å². The van der Waals surface area contributed by atoms with E-state index in [9.17, 15) is 4.79 Å². The molecule has 130 valence electrons. The zero-order chi connectivity index (χ0) is 17.2. The SMILES string of the molecule is Cc1nc(CNC(=O)N2CCCC(c3nc4ccccc4s3)C2)n[nH]1. The number of hydrogen-bond acceptors (Lipinski definition) is 5. The highest BCUT2D eigenvalue weighted by molar-refractivity contribution is 7.18. The maximum absolute atomic E-state index is 12.5. The summed E-state index contributed by atoms with van der Waals surface area (Å²) in [6, 6.07) is 8.13. The van der Waals surface area contributed by atoms with E-state index in [-0.39, 0.29) is 6.03 Å². The van der Waals surface area contributed by atoms with Gasteiger partial charge in [-0.05, 0) is 31.9 Å². The fraction of sp³-hybridized carbons (Fsp3) is 0.412. The number of aryl methyl sites for hydroxylation is 1. The molecule has 0 spiro atoms. The monoisotopic (exact) mass is 356 g/mol. The predicted octanol–water partition coefficient (Wildman–Crippen LogP) is 2.81. The minimum absolute atomic E-state index is 0.0618. The number of H-pyrrole nitrogens is 1. The van der Waals surface area contributed by atoms with Gasteiger partial charge in [0.25, 0.3) is 0 Å². The lowest BCUT2D eigenvalue weighted by Crippen LogP contribution is -2.44. The first-order valence-corrected chi connectivity index (χ1v) is 9.27. The van der Waals surface area contributed by atoms with Gasteiger partial charge in [0, 0.05) is 19.0 Å². The minimum atomic E-state index is -0.0618. The fourth-order valence-electron chi connectivity index (χ4n) is 3.16. The van der Waals surface area contributed by atoms with Crippen molar-refractivity contribution >= 4 is 27.6 Å². The van der Waals surface area contributed by atoms with Gasteiger partial charge in [-0.3, -0.25) is 5.10 Å². The van der Waals surface area contributed by atoms with Crippen molar-refractivity contribution in [2.75, 3.05) is 13.1 Å². The second-order valence-electron chi connectivity index (χ2n) is 6.30. The maximum atomic E-state index is 12.5. The van der Waals surface area contributed by atoms with Crippen molar-refractivity contribution in [2.24, 2.45) is 0 Å². The summed E-state index contributed by atoms with van der Waals surface area (Å²) < 4.78 is 1.21. The third-order valence-corrected chi connectivity index (χ3v) is 5.61. The predicted molar refractivity (Wildman–Crippen MR) is 96.5 cm³/mol. The maximum Gasteiger partial charge on any atom is 0.317 e. The van der Waals surface area contributed by atoms with Crippen molar-refractivity contribution in [2.45, 2.75) is 32.2 Å². The van der Waals surface area contributed by atoms with E-state index in [1.807, 2.05) is 30.0 Å². The van der Waals surface area contributed by atoms with Crippen LogP contribution in [0.1, 0.15) is 35.4 Å². The summed E-state index contributed by atoms with van der Waals surface area (Å²) in [5.41, 5.74) is 1.05. The summed E-state index contributed by atoms with van der Waals surface area (Å²) in [5, 5.41) is 10.9. The average molecular weight is 356 g/mol. The van der Waals surface area contributed by atoms with Crippen LogP contribution in [0.5, 0.6) is 0 Å². The van der Waals surface area contributed by atoms with Gasteiger partial charge in [-0.2, -0.15) is 5.10 Å². The van der Waals surface area contributed by atoms with Crippen LogP contribution in [-0.2, 0) is 6.54 Å². The number of piperidine rings is 1. The fourth-order valence-corrected chi connectivity index (χ4v) is 4.26. The third-order valence-electron chi connectivity index (χ3n) is 4.41. The first kappa shape index (κ1) is 16.0. The number of nitrogens with zero attached hydrogens (tertiary/aromatic N) is 4. The smallest absolute Gasteiger partial charge is 0.317 e. The molecule has 0 bridgehead atoms. The number of carbonyl (C=O) groups is 1. The van der Waals surface area contributed by atoms with E-state index in [1.54, 1.807) is 11.3 Å². The molecule has 1 aromatic carbocycles. The summed E-state index contributed by atoms with van der Waals surface area (Å²) in [6.45, 7) is 3.66. The van der Waals surface area contributed by atoms with Gasteiger partial charge in [-0.25, -0.2) is 14.8 Å². The Morgan fingerprint density at radius 1 is 1.40 bits per heavy atom. The van der Waals surface area contributed by atoms with Gasteiger partial charge in [-0.1, -0.05) is 12.1 Å². The van der Waals surface area contributed by atoms with Gasteiger partial charge in [0.2, 0.25) is 0 Å². The quantitative estimate of drug-likeness (QED) is 0.755. The number of fused-ring (bicyclic) bond motifs is 1. The number of para-hydroxylation sites is 1. The first-order valence-electron chi connectivity index (χ1n) is 8.45. The zero-order valence-corrected chi connectivity index (χ0v) is 14.8. The highest BCUT2D eigenvalue weighted by atomic mass is 32.1. The van der Waals surface area contributed by atoms with Gasteiger partial charge in [-0.15, -0.1) is 11.3 Å². The van der Waals surface area contributed by atoms with E-state index in [0.717, 1.165) is 35.7 Å². The Labute approximate surface area is 149 Å². The van der Waals surface area contributed by atoms with Crippen molar-refractivity contribution in [1.82, 2.24) is 30.4 Å². The Kier molecular flexibility index (Phi) is 4.35. The van der Waals surface area contributed by atoms with Crippen LogP contribution in [-0.4, -0.2) is 44.2 Å². The van der Waals surface area contributed by atoms with E-state index in [4.69, 9.17) is 4.98 Å². The van der Waals surface area contributed by atoms with Crippen LogP contribution in [0, 0.1) is 6.92 Å². The van der Waals surface area contributed by atoms with Crippen LogP contribution in [0.15, 0.2) is 24.3 Å². The Hall–Kier alpha value is -2.48. The molecule has 0 radical (unpaired) electrons. The average Bonchev–Trinajstić information content (AvgIpc) is 3.25. The number of carbonyl (C=O) groups excluding carboxylic acids is 1. The number of hydrogen-bond donors (Lipinski definition) is 2. The molecular formula is C17H20N6OS. The molecule has 1 saturated heterocycles. The van der Waals surface area contributed by atoms with Crippen LogP contribution in [0.3, 0.4) is 0 Å².